The highest BCUT2D eigenvalue weighted by molar-refractivity contribution is 6.04. The molecule has 5 rings (SSSR count). The van der Waals surface area contributed by atoms with E-state index in [0.717, 1.165) is 28.4 Å². The Bertz CT molecular complexity index is 1370. The van der Waals surface area contributed by atoms with Crippen LogP contribution in [0, 0.1) is 6.92 Å². The Hall–Kier alpha value is -4.40. The zero-order valence-corrected chi connectivity index (χ0v) is 22.3. The summed E-state index contributed by atoms with van der Waals surface area (Å²) in [5.41, 5.74) is 3.32. The van der Waals surface area contributed by atoms with Crippen molar-refractivity contribution in [3.63, 3.8) is 0 Å². The van der Waals surface area contributed by atoms with Gasteiger partial charge in [0.05, 0.1) is 26.9 Å². The Morgan fingerprint density at radius 2 is 1.66 bits per heavy atom. The molecule has 1 atom stereocenters. The van der Waals surface area contributed by atoms with E-state index in [1.165, 1.54) is 0 Å². The van der Waals surface area contributed by atoms with E-state index < -0.39 is 0 Å². The fourth-order valence-corrected chi connectivity index (χ4v) is 4.76. The number of urea groups is 1. The van der Waals surface area contributed by atoms with Gasteiger partial charge < -0.3 is 34.1 Å². The number of fused-ring (bicyclic) bond motifs is 2. The summed E-state index contributed by atoms with van der Waals surface area (Å²) in [5.74, 6) is 4.17. The van der Waals surface area contributed by atoms with E-state index in [4.69, 9.17) is 23.9 Å². The number of aliphatic imine (C=N–C) groups is 1. The highest BCUT2D eigenvalue weighted by Gasteiger charge is 2.32. The normalized spacial score (nSPS) is 16.3. The molecule has 0 aliphatic carbocycles. The number of carbonyl (C=O) groups excluding carboxylic acids is 1. The quantitative estimate of drug-likeness (QED) is 0.497. The number of hydrogen-bond acceptors (Lipinski definition) is 7. The highest BCUT2D eigenvalue weighted by atomic mass is 16.5. The Kier molecular flexibility index (Phi) is 7.00. The molecular formula is C29H32N4O5. The zero-order chi connectivity index (χ0) is 26.8. The monoisotopic (exact) mass is 516 g/mol. The lowest BCUT2D eigenvalue weighted by atomic mass is 10.1. The van der Waals surface area contributed by atoms with Crippen molar-refractivity contribution in [3.05, 3.63) is 65.7 Å². The van der Waals surface area contributed by atoms with Crippen molar-refractivity contribution >= 4 is 23.2 Å². The van der Waals surface area contributed by atoms with Crippen LogP contribution in [0.2, 0.25) is 0 Å². The molecule has 0 saturated carbocycles. The van der Waals surface area contributed by atoms with Crippen molar-refractivity contribution < 1.29 is 23.7 Å². The summed E-state index contributed by atoms with van der Waals surface area (Å²) < 4.78 is 22.5. The molecule has 198 valence electrons. The number of amides is 2. The summed E-state index contributed by atoms with van der Waals surface area (Å²) in [7, 11) is 4.80. The summed E-state index contributed by atoms with van der Waals surface area (Å²) in [5, 5.41) is 2.99. The highest BCUT2D eigenvalue weighted by Crippen LogP contribution is 2.40. The van der Waals surface area contributed by atoms with Crippen molar-refractivity contribution in [1.29, 1.82) is 0 Å². The maximum atomic E-state index is 13.2. The molecule has 3 aromatic carbocycles. The van der Waals surface area contributed by atoms with E-state index in [2.05, 4.69) is 10.2 Å². The standard InChI is InChI=1S/C29H32N4O5/c1-18-6-8-25-27(12-18)38-26-9-7-21(35-3)16-24(26)28(31-25)32-10-11-33(19(2)17-32)29(34)30-20-13-22(36-4)15-23(14-20)37-5/h6-9,12-16,19H,10-11,17H2,1-5H3,(H,30,34). The van der Waals surface area contributed by atoms with Gasteiger partial charge in [-0.2, -0.15) is 0 Å². The fourth-order valence-electron chi connectivity index (χ4n) is 4.76. The maximum Gasteiger partial charge on any atom is 0.322 e. The van der Waals surface area contributed by atoms with Crippen molar-refractivity contribution in [2.45, 2.75) is 19.9 Å². The lowest BCUT2D eigenvalue weighted by molar-refractivity contribution is 0.145. The predicted octanol–water partition coefficient (Wildman–Crippen LogP) is 5.44. The molecule has 2 aliphatic rings. The SMILES string of the molecule is COc1cc(NC(=O)N2CCN(C3=Nc4ccc(C)cc4Oc4ccc(OC)cc43)CC2C)cc(OC)c1. The molecule has 0 bridgehead atoms. The molecule has 9 heteroatoms. The first-order chi connectivity index (χ1) is 18.4. The number of ether oxygens (including phenoxy) is 4. The molecular weight excluding hydrogens is 484 g/mol. The molecule has 1 fully saturated rings. The van der Waals surface area contributed by atoms with Crippen LogP contribution in [0.1, 0.15) is 18.1 Å². The minimum absolute atomic E-state index is 0.0744. The molecule has 9 nitrogen and oxygen atoms in total. The van der Waals surface area contributed by atoms with E-state index in [0.29, 0.717) is 48.3 Å². The number of aryl methyl sites for hydroxylation is 1. The van der Waals surface area contributed by atoms with Gasteiger partial charge in [-0.15, -0.1) is 0 Å². The van der Waals surface area contributed by atoms with Crippen LogP contribution in [0.3, 0.4) is 0 Å². The van der Waals surface area contributed by atoms with Crippen LogP contribution in [0.25, 0.3) is 0 Å². The summed E-state index contributed by atoms with van der Waals surface area (Å²) in [4.78, 5) is 22.3. The third kappa shape index (κ3) is 5.04. The smallest absolute Gasteiger partial charge is 0.322 e. The minimum Gasteiger partial charge on any atom is -0.497 e. The zero-order valence-electron chi connectivity index (χ0n) is 22.3. The largest absolute Gasteiger partial charge is 0.497 e. The summed E-state index contributed by atoms with van der Waals surface area (Å²) in [6, 6.07) is 16.8. The van der Waals surface area contributed by atoms with Crippen molar-refractivity contribution in [2.24, 2.45) is 4.99 Å². The summed E-state index contributed by atoms with van der Waals surface area (Å²) >= 11 is 0. The third-order valence-electron chi connectivity index (χ3n) is 6.78. The fraction of sp³-hybridized carbons (Fsp3) is 0.310. The van der Waals surface area contributed by atoms with Crippen LogP contribution in [-0.2, 0) is 0 Å². The third-order valence-corrected chi connectivity index (χ3v) is 6.78. The van der Waals surface area contributed by atoms with Crippen LogP contribution in [-0.4, -0.2) is 68.7 Å². The van der Waals surface area contributed by atoms with Gasteiger partial charge in [-0.3, -0.25) is 0 Å². The Morgan fingerprint density at radius 3 is 2.34 bits per heavy atom. The molecule has 0 aromatic heterocycles. The number of rotatable bonds is 4. The van der Waals surface area contributed by atoms with Gasteiger partial charge >= 0.3 is 6.03 Å². The van der Waals surface area contributed by atoms with E-state index in [1.54, 1.807) is 39.5 Å². The van der Waals surface area contributed by atoms with Gasteiger partial charge in [0.25, 0.3) is 0 Å². The Morgan fingerprint density at radius 1 is 0.921 bits per heavy atom. The Labute approximate surface area is 222 Å². The van der Waals surface area contributed by atoms with Gasteiger partial charge in [0.15, 0.2) is 5.75 Å². The second-order valence-corrected chi connectivity index (χ2v) is 9.39. The van der Waals surface area contributed by atoms with Crippen molar-refractivity contribution in [2.75, 3.05) is 46.3 Å². The Balaban J connectivity index is 1.39. The second-order valence-electron chi connectivity index (χ2n) is 9.39. The summed E-state index contributed by atoms with van der Waals surface area (Å²) in [6.07, 6.45) is 0. The predicted molar refractivity (Wildman–Crippen MR) is 147 cm³/mol. The minimum atomic E-state index is -0.179. The first kappa shape index (κ1) is 25.3. The first-order valence-electron chi connectivity index (χ1n) is 12.5. The molecule has 0 spiro atoms. The van der Waals surface area contributed by atoms with E-state index in [-0.39, 0.29) is 12.1 Å². The van der Waals surface area contributed by atoms with Gasteiger partial charge in [-0.25, -0.2) is 9.79 Å². The topological polar surface area (TPSA) is 84.9 Å². The van der Waals surface area contributed by atoms with Gasteiger partial charge in [-0.05, 0) is 49.7 Å². The number of methoxy groups -OCH3 is 3. The second kappa shape index (κ2) is 10.5. The molecule has 0 radical (unpaired) electrons. The average Bonchev–Trinajstić information content (AvgIpc) is 3.08. The number of nitrogens with zero attached hydrogens (tertiary/aromatic N) is 3. The molecule has 1 saturated heterocycles. The molecule has 2 aliphatic heterocycles. The van der Waals surface area contributed by atoms with Crippen LogP contribution in [0.5, 0.6) is 28.7 Å². The van der Waals surface area contributed by atoms with E-state index in [9.17, 15) is 4.79 Å². The van der Waals surface area contributed by atoms with Crippen molar-refractivity contribution in [3.8, 4) is 28.7 Å². The molecule has 3 aromatic rings. The van der Waals surface area contributed by atoms with Gasteiger partial charge in [-0.1, -0.05) is 6.07 Å². The van der Waals surface area contributed by atoms with Crippen molar-refractivity contribution in [1.82, 2.24) is 9.80 Å². The van der Waals surface area contributed by atoms with E-state index >= 15 is 0 Å². The first-order valence-corrected chi connectivity index (χ1v) is 12.5. The molecule has 38 heavy (non-hydrogen) atoms. The van der Waals surface area contributed by atoms with Gasteiger partial charge in [0, 0.05) is 49.6 Å². The number of amidine groups is 1. The molecule has 1 N–H and O–H groups in total. The number of piperazine rings is 1. The van der Waals surface area contributed by atoms with E-state index in [1.807, 2.05) is 55.1 Å². The van der Waals surface area contributed by atoms with Crippen LogP contribution in [0.4, 0.5) is 16.2 Å². The van der Waals surface area contributed by atoms with Gasteiger partial charge in [0.2, 0.25) is 0 Å². The number of carbonyl (C=O) groups is 1. The summed E-state index contributed by atoms with van der Waals surface area (Å²) in [6.45, 7) is 5.80. The molecule has 2 heterocycles. The molecule has 1 unspecified atom stereocenters. The molecule has 2 amide bonds. The number of hydrogen-bond donors (Lipinski definition) is 1. The van der Waals surface area contributed by atoms with Crippen LogP contribution < -0.4 is 24.3 Å². The van der Waals surface area contributed by atoms with Crippen LogP contribution >= 0.6 is 0 Å². The maximum absolute atomic E-state index is 13.2. The van der Waals surface area contributed by atoms with Crippen LogP contribution in [0.15, 0.2) is 59.6 Å². The number of anilines is 1. The van der Waals surface area contributed by atoms with Gasteiger partial charge in [0.1, 0.15) is 34.5 Å². The number of nitrogens with one attached hydrogen (secondary N) is 1. The average molecular weight is 517 g/mol. The lowest BCUT2D eigenvalue weighted by Gasteiger charge is -2.41. The number of benzene rings is 3. The lowest BCUT2D eigenvalue weighted by Crippen LogP contribution is -2.56.